The number of nitrogen functional groups attached to an aromatic ring is 1. The Bertz CT molecular complexity index is 563. The van der Waals surface area contributed by atoms with Crippen molar-refractivity contribution < 1.29 is 8.78 Å². The topological polar surface area (TPSA) is 38.9 Å². The molecule has 0 fully saturated rings. The van der Waals surface area contributed by atoms with Gasteiger partial charge < -0.3 is 5.73 Å². The van der Waals surface area contributed by atoms with E-state index in [4.69, 9.17) is 5.73 Å². The van der Waals surface area contributed by atoms with Crippen LogP contribution in [0.1, 0.15) is 0 Å². The molecule has 1 aromatic carbocycles. The number of anilines is 1. The highest BCUT2D eigenvalue weighted by atomic mass is 79.9. The van der Waals surface area contributed by atoms with Crippen LogP contribution in [0.25, 0.3) is 0 Å². The maximum absolute atomic E-state index is 13.4. The molecule has 17 heavy (non-hydrogen) atoms. The summed E-state index contributed by atoms with van der Waals surface area (Å²) in [6.45, 7) is 0. The third-order valence-corrected chi connectivity index (χ3v) is 3.45. The van der Waals surface area contributed by atoms with Crippen molar-refractivity contribution in [2.75, 3.05) is 5.73 Å². The lowest BCUT2D eigenvalue weighted by molar-refractivity contribution is 0.577. The second-order valence-electron chi connectivity index (χ2n) is 3.22. The summed E-state index contributed by atoms with van der Waals surface area (Å²) in [6.07, 6.45) is 1.55. The third-order valence-electron chi connectivity index (χ3n) is 1.95. The molecule has 2 rings (SSSR count). The number of aromatic nitrogens is 1. The van der Waals surface area contributed by atoms with Crippen LogP contribution < -0.4 is 5.73 Å². The number of halogens is 3. The lowest BCUT2D eigenvalue weighted by Crippen LogP contribution is -1.92. The van der Waals surface area contributed by atoms with Crippen molar-refractivity contribution in [1.82, 2.24) is 4.98 Å². The Kier molecular flexibility index (Phi) is 3.63. The molecule has 1 aromatic heterocycles. The van der Waals surface area contributed by atoms with Gasteiger partial charge in [-0.25, -0.2) is 13.8 Å². The number of rotatable bonds is 2. The van der Waals surface area contributed by atoms with Crippen molar-refractivity contribution in [1.29, 1.82) is 0 Å². The molecule has 0 atom stereocenters. The Labute approximate surface area is 109 Å². The summed E-state index contributed by atoms with van der Waals surface area (Å²) >= 11 is 4.21. The second kappa shape index (κ2) is 5.01. The first-order valence-corrected chi connectivity index (χ1v) is 6.21. The summed E-state index contributed by atoms with van der Waals surface area (Å²) < 4.78 is 27.1. The van der Waals surface area contributed by atoms with Gasteiger partial charge in [0.2, 0.25) is 0 Å². The van der Waals surface area contributed by atoms with Crippen LogP contribution in [0.5, 0.6) is 0 Å². The third kappa shape index (κ3) is 2.95. The summed E-state index contributed by atoms with van der Waals surface area (Å²) in [5.74, 6) is -0.995. The highest BCUT2D eigenvalue weighted by Gasteiger charge is 2.09. The first kappa shape index (κ1) is 12.3. The minimum Gasteiger partial charge on any atom is -0.397 e. The molecule has 0 saturated heterocycles. The van der Waals surface area contributed by atoms with Gasteiger partial charge in [0.05, 0.1) is 10.6 Å². The van der Waals surface area contributed by atoms with E-state index in [0.717, 1.165) is 34.4 Å². The molecule has 0 amide bonds. The Balaban J connectivity index is 2.34. The van der Waals surface area contributed by atoms with E-state index in [1.807, 2.05) is 0 Å². The number of nitrogens with zero attached hydrogens (tertiary/aromatic N) is 1. The first-order valence-electron chi connectivity index (χ1n) is 4.60. The second-order valence-corrected chi connectivity index (χ2v) is 5.17. The van der Waals surface area contributed by atoms with E-state index in [2.05, 4.69) is 20.9 Å². The van der Waals surface area contributed by atoms with Crippen molar-refractivity contribution in [2.24, 2.45) is 0 Å². The zero-order valence-electron chi connectivity index (χ0n) is 8.45. The average Bonchev–Trinajstić information content (AvgIpc) is 2.27. The van der Waals surface area contributed by atoms with Crippen LogP contribution in [-0.4, -0.2) is 4.98 Å². The number of hydrogen-bond donors (Lipinski definition) is 1. The standard InChI is InChI=1S/C11H7BrF2N2S/c12-6-3-9(15)11(16-5-6)17-10-4-7(13)1-2-8(10)14/h1-5H,15H2. The quantitative estimate of drug-likeness (QED) is 0.914. The molecule has 0 bridgehead atoms. The minimum absolute atomic E-state index is 0.159. The highest BCUT2D eigenvalue weighted by Crippen LogP contribution is 2.33. The molecule has 0 aliphatic carbocycles. The van der Waals surface area contributed by atoms with Crippen LogP contribution in [-0.2, 0) is 0 Å². The minimum atomic E-state index is -0.500. The van der Waals surface area contributed by atoms with E-state index in [1.54, 1.807) is 12.3 Å². The molecule has 88 valence electrons. The van der Waals surface area contributed by atoms with Crippen LogP contribution in [0.2, 0.25) is 0 Å². The SMILES string of the molecule is Nc1cc(Br)cnc1Sc1cc(F)ccc1F. The molecular weight excluding hydrogens is 310 g/mol. The predicted molar refractivity (Wildman–Crippen MR) is 66.8 cm³/mol. The molecule has 1 heterocycles. The summed E-state index contributed by atoms with van der Waals surface area (Å²) in [4.78, 5) is 4.20. The molecule has 0 unspecified atom stereocenters. The number of hydrogen-bond acceptors (Lipinski definition) is 3. The van der Waals surface area contributed by atoms with Crippen molar-refractivity contribution in [2.45, 2.75) is 9.92 Å². The number of pyridine rings is 1. The van der Waals surface area contributed by atoms with Crippen LogP contribution in [0.15, 0.2) is 44.9 Å². The summed E-state index contributed by atoms with van der Waals surface area (Å²) in [6, 6.07) is 4.92. The van der Waals surface area contributed by atoms with E-state index in [9.17, 15) is 8.78 Å². The molecule has 2 aromatic rings. The molecular formula is C11H7BrF2N2S. The number of nitrogens with two attached hydrogens (primary N) is 1. The van der Waals surface area contributed by atoms with Gasteiger partial charge in [-0.3, -0.25) is 0 Å². The van der Waals surface area contributed by atoms with Crippen LogP contribution in [0, 0.1) is 11.6 Å². The Hall–Kier alpha value is -1.14. The summed E-state index contributed by atoms with van der Waals surface area (Å²) in [5.41, 5.74) is 6.14. The summed E-state index contributed by atoms with van der Waals surface area (Å²) in [5, 5.41) is 0.442. The first-order chi connectivity index (χ1) is 8.06. The van der Waals surface area contributed by atoms with Gasteiger partial charge in [-0.1, -0.05) is 11.8 Å². The van der Waals surface area contributed by atoms with Gasteiger partial charge in [0.25, 0.3) is 0 Å². The summed E-state index contributed by atoms with van der Waals surface area (Å²) in [7, 11) is 0. The van der Waals surface area contributed by atoms with Gasteiger partial charge >= 0.3 is 0 Å². The number of benzene rings is 1. The smallest absolute Gasteiger partial charge is 0.137 e. The maximum Gasteiger partial charge on any atom is 0.137 e. The largest absolute Gasteiger partial charge is 0.397 e. The predicted octanol–water partition coefficient (Wildman–Crippen LogP) is 3.86. The van der Waals surface area contributed by atoms with Crippen molar-refractivity contribution in [3.63, 3.8) is 0 Å². The molecule has 0 radical (unpaired) electrons. The molecule has 0 spiro atoms. The zero-order valence-corrected chi connectivity index (χ0v) is 10.9. The fourth-order valence-corrected chi connectivity index (χ4v) is 2.36. The van der Waals surface area contributed by atoms with Crippen molar-refractivity contribution >= 4 is 33.4 Å². The normalized spacial score (nSPS) is 10.5. The Morgan fingerprint density at radius 3 is 2.71 bits per heavy atom. The fourth-order valence-electron chi connectivity index (χ4n) is 1.19. The van der Waals surface area contributed by atoms with Gasteiger partial charge in [-0.2, -0.15) is 0 Å². The zero-order chi connectivity index (χ0) is 12.4. The van der Waals surface area contributed by atoms with E-state index < -0.39 is 11.6 Å². The van der Waals surface area contributed by atoms with E-state index >= 15 is 0 Å². The molecule has 0 aliphatic rings. The molecule has 0 saturated carbocycles. The maximum atomic E-state index is 13.4. The Morgan fingerprint density at radius 2 is 2.00 bits per heavy atom. The van der Waals surface area contributed by atoms with Gasteiger partial charge in [0.1, 0.15) is 16.7 Å². The van der Waals surface area contributed by atoms with E-state index in [1.165, 1.54) is 0 Å². The lowest BCUT2D eigenvalue weighted by atomic mass is 10.3. The van der Waals surface area contributed by atoms with Gasteiger partial charge in [0, 0.05) is 10.7 Å². The Morgan fingerprint density at radius 1 is 1.24 bits per heavy atom. The van der Waals surface area contributed by atoms with Crippen LogP contribution >= 0.6 is 27.7 Å². The molecule has 0 aliphatic heterocycles. The molecule has 2 nitrogen and oxygen atoms in total. The van der Waals surface area contributed by atoms with Crippen LogP contribution in [0.4, 0.5) is 14.5 Å². The van der Waals surface area contributed by atoms with E-state index in [0.29, 0.717) is 10.7 Å². The van der Waals surface area contributed by atoms with Gasteiger partial charge in [0.15, 0.2) is 0 Å². The van der Waals surface area contributed by atoms with Gasteiger partial charge in [-0.05, 0) is 40.2 Å². The van der Waals surface area contributed by atoms with Gasteiger partial charge in [-0.15, -0.1) is 0 Å². The van der Waals surface area contributed by atoms with Crippen molar-refractivity contribution in [3.05, 3.63) is 46.6 Å². The molecule has 2 N–H and O–H groups in total. The highest BCUT2D eigenvalue weighted by molar-refractivity contribution is 9.10. The van der Waals surface area contributed by atoms with Crippen LogP contribution in [0.3, 0.4) is 0 Å². The average molecular weight is 317 g/mol. The lowest BCUT2D eigenvalue weighted by Gasteiger charge is -2.05. The monoisotopic (exact) mass is 316 g/mol. The van der Waals surface area contributed by atoms with E-state index in [-0.39, 0.29) is 4.90 Å². The fraction of sp³-hybridized carbons (Fsp3) is 0. The van der Waals surface area contributed by atoms with Crippen molar-refractivity contribution in [3.8, 4) is 0 Å². The molecule has 6 heteroatoms.